The van der Waals surface area contributed by atoms with Gasteiger partial charge in [0.05, 0.1) is 5.69 Å². The quantitative estimate of drug-likeness (QED) is 0.869. The molecule has 0 aliphatic heterocycles. The zero-order valence-corrected chi connectivity index (χ0v) is 10.8. The molecule has 0 spiro atoms. The maximum Gasteiger partial charge on any atom is 0.272 e. The Morgan fingerprint density at radius 1 is 1.22 bits per heavy atom. The smallest absolute Gasteiger partial charge is 0.272 e. The first-order chi connectivity index (χ1) is 8.69. The minimum absolute atomic E-state index is 0.0375. The van der Waals surface area contributed by atoms with Gasteiger partial charge in [0.1, 0.15) is 5.69 Å². The molecule has 0 aromatic carbocycles. The second-order valence-corrected chi connectivity index (χ2v) is 5.71. The molecule has 3 aliphatic carbocycles. The first-order valence-corrected chi connectivity index (χ1v) is 6.79. The van der Waals surface area contributed by atoms with Gasteiger partial charge in [-0.2, -0.15) is 0 Å². The predicted molar refractivity (Wildman–Crippen MR) is 68.2 cm³/mol. The molecule has 1 amide bonds. The lowest BCUT2D eigenvalue weighted by atomic mass is 9.66. The first kappa shape index (κ1) is 11.6. The number of hydrogen-bond acceptors (Lipinski definition) is 3. The highest BCUT2D eigenvalue weighted by Gasteiger charge is 2.41. The summed E-state index contributed by atoms with van der Waals surface area (Å²) in [7, 11) is 0. The molecule has 3 aliphatic rings. The van der Waals surface area contributed by atoms with Crippen LogP contribution in [0.25, 0.3) is 0 Å². The Morgan fingerprint density at radius 3 is 2.44 bits per heavy atom. The largest absolute Gasteiger partial charge is 0.345 e. The van der Waals surface area contributed by atoms with Gasteiger partial charge in [0, 0.05) is 17.9 Å². The van der Waals surface area contributed by atoms with Crippen LogP contribution >= 0.6 is 0 Å². The van der Waals surface area contributed by atoms with Crippen LogP contribution in [0.4, 0.5) is 0 Å². The summed E-state index contributed by atoms with van der Waals surface area (Å²) in [6.45, 7) is 1.83. The Hall–Kier alpha value is -1.45. The number of carbonyl (C=O) groups excluding carboxylic acids is 1. The Labute approximate surface area is 107 Å². The van der Waals surface area contributed by atoms with Crippen molar-refractivity contribution in [3.05, 3.63) is 23.8 Å². The summed E-state index contributed by atoms with van der Waals surface area (Å²) in [6.07, 6.45) is 10.4. The van der Waals surface area contributed by atoms with Crippen molar-refractivity contribution in [1.82, 2.24) is 15.3 Å². The second kappa shape index (κ2) is 4.34. The molecule has 2 bridgehead atoms. The molecule has 96 valence electrons. The Morgan fingerprint density at radius 2 is 1.83 bits per heavy atom. The van der Waals surface area contributed by atoms with Crippen LogP contribution in [0, 0.1) is 12.8 Å². The van der Waals surface area contributed by atoms with Gasteiger partial charge in [-0.05, 0) is 51.4 Å². The zero-order valence-electron chi connectivity index (χ0n) is 10.8. The zero-order chi connectivity index (χ0) is 12.6. The number of nitrogens with zero attached hydrogens (tertiary/aromatic N) is 2. The normalized spacial score (nSPS) is 30.2. The molecule has 1 heterocycles. The average Bonchev–Trinajstić information content (AvgIpc) is 2.40. The van der Waals surface area contributed by atoms with Crippen LogP contribution < -0.4 is 5.32 Å². The highest BCUT2D eigenvalue weighted by atomic mass is 16.2. The number of aryl methyl sites for hydroxylation is 1. The summed E-state index contributed by atoms with van der Waals surface area (Å²) in [5.74, 6) is 0.850. The van der Waals surface area contributed by atoms with E-state index in [4.69, 9.17) is 0 Å². The fraction of sp³-hybridized carbons (Fsp3) is 0.643. The lowest BCUT2D eigenvalue weighted by molar-refractivity contribution is 0.0708. The topological polar surface area (TPSA) is 54.9 Å². The summed E-state index contributed by atoms with van der Waals surface area (Å²) in [5, 5.41) is 3.24. The molecule has 4 rings (SSSR count). The van der Waals surface area contributed by atoms with Gasteiger partial charge in [0.25, 0.3) is 5.91 Å². The van der Waals surface area contributed by atoms with Gasteiger partial charge in [0.15, 0.2) is 0 Å². The van der Waals surface area contributed by atoms with Crippen LogP contribution in [0.1, 0.15) is 54.7 Å². The third-order valence-electron chi connectivity index (χ3n) is 4.57. The molecule has 1 aromatic rings. The van der Waals surface area contributed by atoms with E-state index in [-0.39, 0.29) is 11.4 Å². The van der Waals surface area contributed by atoms with Crippen molar-refractivity contribution in [1.29, 1.82) is 0 Å². The van der Waals surface area contributed by atoms with Gasteiger partial charge in [-0.15, -0.1) is 0 Å². The molecule has 0 saturated heterocycles. The van der Waals surface area contributed by atoms with E-state index in [9.17, 15) is 4.79 Å². The molecule has 3 fully saturated rings. The van der Waals surface area contributed by atoms with Crippen molar-refractivity contribution < 1.29 is 4.79 Å². The highest BCUT2D eigenvalue weighted by Crippen LogP contribution is 2.44. The Balaban J connectivity index is 1.76. The molecule has 3 saturated carbocycles. The summed E-state index contributed by atoms with van der Waals surface area (Å²) in [4.78, 5) is 20.6. The van der Waals surface area contributed by atoms with Crippen LogP contribution in [0.3, 0.4) is 0 Å². The van der Waals surface area contributed by atoms with E-state index in [1.54, 1.807) is 12.4 Å². The fourth-order valence-corrected chi connectivity index (χ4v) is 3.37. The van der Waals surface area contributed by atoms with Gasteiger partial charge in [-0.25, -0.2) is 4.98 Å². The van der Waals surface area contributed by atoms with E-state index in [1.165, 1.54) is 19.3 Å². The number of hydrogen-bond donors (Lipinski definition) is 1. The molecule has 1 aromatic heterocycles. The molecule has 1 N–H and O–H groups in total. The van der Waals surface area contributed by atoms with E-state index in [0.29, 0.717) is 11.4 Å². The van der Waals surface area contributed by atoms with E-state index in [2.05, 4.69) is 15.3 Å². The molecular weight excluding hydrogens is 226 g/mol. The van der Waals surface area contributed by atoms with Crippen molar-refractivity contribution in [2.45, 2.75) is 51.0 Å². The van der Waals surface area contributed by atoms with Crippen molar-refractivity contribution in [3.8, 4) is 0 Å². The third kappa shape index (κ3) is 2.00. The Bertz CT molecular complexity index is 450. The lowest BCUT2D eigenvalue weighted by Crippen LogP contribution is -2.54. The molecular formula is C14H19N3O. The molecule has 4 nitrogen and oxygen atoms in total. The van der Waals surface area contributed by atoms with Gasteiger partial charge in [-0.3, -0.25) is 9.78 Å². The van der Waals surface area contributed by atoms with E-state index in [1.807, 2.05) is 6.92 Å². The third-order valence-corrected chi connectivity index (χ3v) is 4.57. The van der Waals surface area contributed by atoms with Gasteiger partial charge in [-0.1, -0.05) is 0 Å². The summed E-state index contributed by atoms with van der Waals surface area (Å²) in [6, 6.07) is 0. The van der Waals surface area contributed by atoms with Crippen LogP contribution in [0.2, 0.25) is 0 Å². The predicted octanol–water partition coefficient (Wildman–Crippen LogP) is 2.24. The van der Waals surface area contributed by atoms with Crippen molar-refractivity contribution >= 4 is 5.91 Å². The molecule has 0 atom stereocenters. The van der Waals surface area contributed by atoms with Gasteiger partial charge < -0.3 is 5.32 Å². The molecule has 18 heavy (non-hydrogen) atoms. The Kier molecular flexibility index (Phi) is 2.80. The first-order valence-electron chi connectivity index (χ1n) is 6.79. The van der Waals surface area contributed by atoms with Crippen molar-refractivity contribution in [2.24, 2.45) is 5.92 Å². The van der Waals surface area contributed by atoms with E-state index >= 15 is 0 Å². The minimum Gasteiger partial charge on any atom is -0.345 e. The number of fused-ring (bicyclic) bond motifs is 3. The van der Waals surface area contributed by atoms with Crippen LogP contribution in [-0.4, -0.2) is 21.4 Å². The fourth-order valence-electron chi connectivity index (χ4n) is 3.37. The SMILES string of the molecule is Cc1nccnc1C(=O)NC12CCC(CC1)CC2. The maximum absolute atomic E-state index is 12.3. The summed E-state index contributed by atoms with van der Waals surface area (Å²) < 4.78 is 0. The molecule has 0 radical (unpaired) electrons. The van der Waals surface area contributed by atoms with Crippen LogP contribution in [0.5, 0.6) is 0 Å². The van der Waals surface area contributed by atoms with Crippen LogP contribution in [-0.2, 0) is 0 Å². The molecule has 4 heteroatoms. The summed E-state index contributed by atoms with van der Waals surface area (Å²) in [5.41, 5.74) is 1.21. The number of aromatic nitrogens is 2. The monoisotopic (exact) mass is 245 g/mol. The van der Waals surface area contributed by atoms with Gasteiger partial charge in [0.2, 0.25) is 0 Å². The van der Waals surface area contributed by atoms with E-state index in [0.717, 1.165) is 25.2 Å². The van der Waals surface area contributed by atoms with Crippen molar-refractivity contribution in [2.75, 3.05) is 0 Å². The maximum atomic E-state index is 12.3. The second-order valence-electron chi connectivity index (χ2n) is 5.71. The highest BCUT2D eigenvalue weighted by molar-refractivity contribution is 5.93. The number of rotatable bonds is 2. The van der Waals surface area contributed by atoms with E-state index < -0.39 is 0 Å². The van der Waals surface area contributed by atoms with Gasteiger partial charge >= 0.3 is 0 Å². The minimum atomic E-state index is -0.0547. The standard InChI is InChI=1S/C14H19N3O/c1-10-12(16-9-8-15-10)13(18)17-14-5-2-11(3-6-14)4-7-14/h8-9,11H,2-7H2,1H3,(H,17,18). The summed E-state index contributed by atoms with van der Waals surface area (Å²) >= 11 is 0. The number of nitrogens with one attached hydrogen (secondary N) is 1. The lowest BCUT2D eigenvalue weighted by Gasteiger charge is -2.46. The van der Waals surface area contributed by atoms with Crippen LogP contribution in [0.15, 0.2) is 12.4 Å². The number of carbonyl (C=O) groups is 1. The van der Waals surface area contributed by atoms with Crippen molar-refractivity contribution in [3.63, 3.8) is 0 Å². The average molecular weight is 245 g/mol. The number of amides is 1. The molecule has 0 unspecified atom stereocenters.